The molecule has 1 aliphatic rings. The van der Waals surface area contributed by atoms with Gasteiger partial charge in [0.05, 0.1) is 10.6 Å². The normalized spacial score (nSPS) is 17.7. The third kappa shape index (κ3) is 7.38. The monoisotopic (exact) mass is 582 g/mol. The minimum atomic E-state index is -3.94. The molecule has 2 N–H and O–H groups in total. The molecule has 3 aromatic carbocycles. The second-order valence-electron chi connectivity index (χ2n) is 10.2. The van der Waals surface area contributed by atoms with Crippen LogP contribution in [0.5, 0.6) is 0 Å². The number of hydrogen-bond acceptors (Lipinski definition) is 6. The molecule has 0 aromatic heterocycles. The smallest absolute Gasteiger partial charge is 0.245 e. The summed E-state index contributed by atoms with van der Waals surface area (Å²) < 4.78 is 57.7. The van der Waals surface area contributed by atoms with Crippen LogP contribution in [0.2, 0.25) is 0 Å². The Morgan fingerprint density at radius 1 is 0.725 bits per heavy atom. The topological polar surface area (TPSA) is 104 Å². The highest BCUT2D eigenvalue weighted by molar-refractivity contribution is 7.89. The predicted molar refractivity (Wildman–Crippen MR) is 160 cm³/mol. The molecule has 0 radical (unpaired) electrons. The lowest BCUT2D eigenvalue weighted by Crippen LogP contribution is -2.41. The summed E-state index contributed by atoms with van der Waals surface area (Å²) in [6.45, 7) is 8.59. The quantitative estimate of drug-likeness (QED) is 0.347. The summed E-state index contributed by atoms with van der Waals surface area (Å²) in [4.78, 5) is 2.50. The molecule has 0 spiro atoms. The molecule has 0 amide bonds. The molecule has 4 rings (SSSR count). The van der Waals surface area contributed by atoms with Crippen LogP contribution in [0.4, 0.5) is 5.69 Å². The minimum absolute atomic E-state index is 0.00469. The third-order valence-electron chi connectivity index (χ3n) is 7.01. The summed E-state index contributed by atoms with van der Waals surface area (Å²) in [5, 5.41) is 0. The van der Waals surface area contributed by atoms with Gasteiger partial charge >= 0.3 is 0 Å². The van der Waals surface area contributed by atoms with Gasteiger partial charge in [0.2, 0.25) is 20.0 Å². The highest BCUT2D eigenvalue weighted by Crippen LogP contribution is 2.25. The molecule has 40 heavy (non-hydrogen) atoms. The highest BCUT2D eigenvalue weighted by Gasteiger charge is 2.30. The molecule has 1 saturated heterocycles. The largest absolute Gasteiger partial charge is 0.398 e. The van der Waals surface area contributed by atoms with E-state index in [0.717, 1.165) is 11.1 Å². The van der Waals surface area contributed by atoms with Gasteiger partial charge in [0.1, 0.15) is 4.90 Å². The molecular formula is C30H38N4O4S2. The molecule has 3 aromatic rings. The average molecular weight is 583 g/mol. The van der Waals surface area contributed by atoms with Gasteiger partial charge in [-0.1, -0.05) is 66.7 Å². The number of anilines is 1. The van der Waals surface area contributed by atoms with Crippen LogP contribution in [0, 0.1) is 6.92 Å². The number of aryl methyl sites for hydroxylation is 1. The zero-order valence-electron chi connectivity index (χ0n) is 22.9. The van der Waals surface area contributed by atoms with Crippen molar-refractivity contribution in [1.29, 1.82) is 0 Å². The Balaban J connectivity index is 1.65. The summed E-state index contributed by atoms with van der Waals surface area (Å²) in [6, 6.07) is 23.3. The van der Waals surface area contributed by atoms with E-state index < -0.39 is 20.0 Å². The lowest BCUT2D eigenvalue weighted by Gasteiger charge is -2.30. The summed E-state index contributed by atoms with van der Waals surface area (Å²) in [5.74, 6) is 0. The van der Waals surface area contributed by atoms with Crippen LogP contribution in [-0.4, -0.2) is 69.6 Å². The zero-order chi connectivity index (χ0) is 28.8. The number of benzene rings is 3. The summed E-state index contributed by atoms with van der Waals surface area (Å²) in [7, 11) is -7.76. The van der Waals surface area contributed by atoms with Crippen LogP contribution in [0.25, 0.3) is 0 Å². The maximum absolute atomic E-state index is 13.7. The van der Waals surface area contributed by atoms with Crippen LogP contribution in [0.3, 0.4) is 0 Å². The van der Waals surface area contributed by atoms with Crippen LogP contribution < -0.4 is 5.73 Å². The van der Waals surface area contributed by atoms with Gasteiger partial charge in [-0.05, 0) is 68.3 Å². The van der Waals surface area contributed by atoms with Gasteiger partial charge in [-0.15, -0.1) is 0 Å². The number of nitrogen functional groups attached to an aromatic ring is 1. The Morgan fingerprint density at radius 3 is 1.88 bits per heavy atom. The van der Waals surface area contributed by atoms with Crippen molar-refractivity contribution in [3.8, 4) is 0 Å². The van der Waals surface area contributed by atoms with Crippen LogP contribution in [0.1, 0.15) is 24.0 Å². The Hall–Kier alpha value is -3.02. The standard InChI is InChI=1S/C30H38N4O4S2/c1-25-14-16-28(17-15-25)39(35,36)33-20-8-18-32(24-27-10-4-3-5-11-27)19-9-21-34(23-26(2)22-33)40(37,38)30-13-7-6-12-29(30)31/h3-7,10-17H,2,8-9,18-24,31H2,1H3. The predicted octanol–water partition coefficient (Wildman–Crippen LogP) is 4.11. The summed E-state index contributed by atoms with van der Waals surface area (Å²) >= 11 is 0. The van der Waals surface area contributed by atoms with E-state index in [9.17, 15) is 16.8 Å². The molecule has 1 heterocycles. The lowest BCUT2D eigenvalue weighted by atomic mass is 10.2. The Labute approximate surface area is 238 Å². The first-order chi connectivity index (χ1) is 19.1. The van der Waals surface area contributed by atoms with Crippen molar-refractivity contribution in [3.63, 3.8) is 0 Å². The van der Waals surface area contributed by atoms with Crippen molar-refractivity contribution >= 4 is 25.7 Å². The van der Waals surface area contributed by atoms with Gasteiger partial charge in [-0.3, -0.25) is 4.90 Å². The molecule has 0 atom stereocenters. The van der Waals surface area contributed by atoms with Crippen LogP contribution in [-0.2, 0) is 26.6 Å². The molecule has 10 heteroatoms. The Morgan fingerprint density at radius 2 is 1.27 bits per heavy atom. The fourth-order valence-electron chi connectivity index (χ4n) is 4.88. The van der Waals surface area contributed by atoms with Gasteiger partial charge in [0.15, 0.2) is 0 Å². The number of rotatable bonds is 6. The molecule has 0 aliphatic carbocycles. The fraction of sp³-hybridized carbons (Fsp3) is 0.333. The van der Waals surface area contributed by atoms with Gasteiger partial charge in [0, 0.05) is 32.7 Å². The summed E-state index contributed by atoms with van der Waals surface area (Å²) in [6.07, 6.45) is 1.24. The van der Waals surface area contributed by atoms with E-state index in [1.807, 2.05) is 25.1 Å². The van der Waals surface area contributed by atoms with Crippen molar-refractivity contribution in [2.45, 2.75) is 36.1 Å². The molecule has 0 bridgehead atoms. The fourth-order valence-corrected chi connectivity index (χ4v) is 8.00. The number of nitrogens with zero attached hydrogens (tertiary/aromatic N) is 3. The molecule has 1 fully saturated rings. The molecule has 0 unspecified atom stereocenters. The molecule has 0 saturated carbocycles. The van der Waals surface area contributed by atoms with E-state index in [2.05, 4.69) is 23.6 Å². The highest BCUT2D eigenvalue weighted by atomic mass is 32.2. The number of para-hydroxylation sites is 1. The third-order valence-corrected chi connectivity index (χ3v) is 10.8. The number of hydrogen-bond donors (Lipinski definition) is 1. The van der Waals surface area contributed by atoms with Gasteiger partial charge in [-0.25, -0.2) is 16.8 Å². The van der Waals surface area contributed by atoms with Crippen LogP contribution >= 0.6 is 0 Å². The van der Waals surface area contributed by atoms with Crippen molar-refractivity contribution < 1.29 is 16.8 Å². The van der Waals surface area contributed by atoms with Gasteiger partial charge < -0.3 is 5.73 Å². The van der Waals surface area contributed by atoms with E-state index in [1.54, 1.807) is 42.5 Å². The van der Waals surface area contributed by atoms with E-state index in [1.165, 1.54) is 14.7 Å². The van der Waals surface area contributed by atoms with E-state index in [-0.39, 0.29) is 35.1 Å². The number of sulfonamides is 2. The maximum Gasteiger partial charge on any atom is 0.245 e. The Kier molecular flexibility index (Phi) is 9.81. The second-order valence-corrected chi connectivity index (χ2v) is 14.1. The zero-order valence-corrected chi connectivity index (χ0v) is 24.6. The SMILES string of the molecule is C=C1CN(S(=O)(=O)c2ccc(C)cc2)CCCN(Cc2ccccc2)CCCN(S(=O)(=O)c2ccccc2N)C1. The van der Waals surface area contributed by atoms with E-state index in [4.69, 9.17) is 5.73 Å². The second kappa shape index (κ2) is 13.1. The van der Waals surface area contributed by atoms with E-state index in [0.29, 0.717) is 44.6 Å². The first kappa shape index (κ1) is 30.0. The Bertz CT molecular complexity index is 1510. The molecule has 214 valence electrons. The van der Waals surface area contributed by atoms with Gasteiger partial charge in [0.25, 0.3) is 0 Å². The maximum atomic E-state index is 13.7. The molecular weight excluding hydrogens is 544 g/mol. The van der Waals surface area contributed by atoms with Crippen LogP contribution in [0.15, 0.2) is 101 Å². The lowest BCUT2D eigenvalue weighted by molar-refractivity contribution is 0.238. The minimum Gasteiger partial charge on any atom is -0.398 e. The first-order valence-electron chi connectivity index (χ1n) is 13.4. The summed E-state index contributed by atoms with van der Waals surface area (Å²) in [5.41, 5.74) is 8.84. The van der Waals surface area contributed by atoms with Crippen molar-refractivity contribution in [1.82, 2.24) is 13.5 Å². The van der Waals surface area contributed by atoms with Crippen molar-refractivity contribution in [2.24, 2.45) is 0 Å². The first-order valence-corrected chi connectivity index (χ1v) is 16.3. The van der Waals surface area contributed by atoms with Crippen molar-refractivity contribution in [2.75, 3.05) is 45.0 Å². The molecule has 1 aliphatic heterocycles. The number of nitrogens with two attached hydrogens (primary N) is 1. The van der Waals surface area contributed by atoms with Crippen molar-refractivity contribution in [3.05, 3.63) is 102 Å². The average Bonchev–Trinajstić information content (AvgIpc) is 2.92. The van der Waals surface area contributed by atoms with E-state index >= 15 is 0 Å². The molecule has 8 nitrogen and oxygen atoms in total. The van der Waals surface area contributed by atoms with Gasteiger partial charge in [-0.2, -0.15) is 8.61 Å².